The Morgan fingerprint density at radius 2 is 1.53 bits per heavy atom. The predicted molar refractivity (Wildman–Crippen MR) is 190 cm³/mol. The highest BCUT2D eigenvalue weighted by molar-refractivity contribution is 5.82. The maximum absolute atomic E-state index is 14.0. The Labute approximate surface area is 298 Å². The Hall–Kier alpha value is -5.51. The van der Waals surface area contributed by atoms with Crippen LogP contribution in [0.3, 0.4) is 0 Å². The summed E-state index contributed by atoms with van der Waals surface area (Å²) < 4.78 is 33.5. The van der Waals surface area contributed by atoms with Gasteiger partial charge in [0, 0.05) is 12.5 Å². The summed E-state index contributed by atoms with van der Waals surface area (Å²) in [4.78, 5) is 40.9. The summed E-state index contributed by atoms with van der Waals surface area (Å²) in [6.45, 7) is 0.300. The van der Waals surface area contributed by atoms with Gasteiger partial charge in [0.1, 0.15) is 24.5 Å². The van der Waals surface area contributed by atoms with Crippen LogP contribution in [0.1, 0.15) is 60.0 Å². The molecule has 0 bridgehead atoms. The Morgan fingerprint density at radius 1 is 0.804 bits per heavy atom. The highest BCUT2D eigenvalue weighted by Crippen LogP contribution is 2.44. The van der Waals surface area contributed by atoms with Crippen molar-refractivity contribution in [3.05, 3.63) is 113 Å². The fourth-order valence-corrected chi connectivity index (χ4v) is 6.92. The van der Waals surface area contributed by atoms with E-state index in [-0.39, 0.29) is 19.1 Å². The number of fused-ring (bicyclic) bond motifs is 3. The number of rotatable bonds is 13. The van der Waals surface area contributed by atoms with Crippen molar-refractivity contribution in [1.82, 2.24) is 4.90 Å². The minimum absolute atomic E-state index is 0.0915. The average molecular weight is 694 g/mol. The van der Waals surface area contributed by atoms with Crippen molar-refractivity contribution in [3.8, 4) is 28.4 Å². The van der Waals surface area contributed by atoms with E-state index < -0.39 is 30.2 Å². The van der Waals surface area contributed by atoms with Gasteiger partial charge in [0.15, 0.2) is 18.1 Å². The van der Waals surface area contributed by atoms with Crippen molar-refractivity contribution in [2.75, 3.05) is 41.1 Å². The summed E-state index contributed by atoms with van der Waals surface area (Å²) in [7, 11) is 4.46. The van der Waals surface area contributed by atoms with Gasteiger partial charge in [-0.05, 0) is 89.8 Å². The van der Waals surface area contributed by atoms with E-state index in [1.54, 1.807) is 32.4 Å². The predicted octanol–water partition coefficient (Wildman–Crippen LogP) is 7.28. The fourth-order valence-electron chi connectivity index (χ4n) is 6.92. The van der Waals surface area contributed by atoms with Crippen LogP contribution in [0.5, 0.6) is 17.2 Å². The van der Waals surface area contributed by atoms with Gasteiger partial charge >= 0.3 is 18.0 Å². The molecule has 2 aliphatic rings. The van der Waals surface area contributed by atoms with Crippen LogP contribution in [0.4, 0.5) is 4.79 Å². The van der Waals surface area contributed by atoms with E-state index in [1.807, 2.05) is 48.5 Å². The highest BCUT2D eigenvalue weighted by Gasteiger charge is 2.37. The third kappa shape index (κ3) is 8.11. The van der Waals surface area contributed by atoms with Crippen molar-refractivity contribution in [1.29, 1.82) is 0 Å². The van der Waals surface area contributed by atoms with Crippen LogP contribution in [-0.4, -0.2) is 70.1 Å². The number of piperidine rings is 1. The maximum Gasteiger partial charge on any atom is 0.410 e. The van der Waals surface area contributed by atoms with Gasteiger partial charge in [-0.3, -0.25) is 4.90 Å². The minimum Gasteiger partial charge on any atom is -0.493 e. The zero-order chi connectivity index (χ0) is 35.7. The molecule has 0 aromatic heterocycles. The van der Waals surface area contributed by atoms with Gasteiger partial charge in [0.25, 0.3) is 0 Å². The lowest BCUT2D eigenvalue weighted by atomic mass is 9.98. The fraction of sp³-hybridized carbons (Fsp3) is 0.341. The molecule has 266 valence electrons. The quantitative estimate of drug-likeness (QED) is 0.105. The third-order valence-electron chi connectivity index (χ3n) is 9.56. The lowest BCUT2D eigenvalue weighted by molar-refractivity contribution is -0.157. The Morgan fingerprint density at radius 3 is 2.24 bits per heavy atom. The average Bonchev–Trinajstić information content (AvgIpc) is 3.50. The smallest absolute Gasteiger partial charge is 0.410 e. The maximum atomic E-state index is 14.0. The van der Waals surface area contributed by atoms with Crippen LogP contribution in [-0.2, 0) is 30.2 Å². The second-order valence-electron chi connectivity index (χ2n) is 12.6. The van der Waals surface area contributed by atoms with Crippen molar-refractivity contribution in [2.24, 2.45) is 0 Å². The molecule has 0 saturated carbocycles. The van der Waals surface area contributed by atoms with Crippen molar-refractivity contribution >= 4 is 18.0 Å². The van der Waals surface area contributed by atoms with E-state index in [2.05, 4.69) is 24.3 Å². The Bertz CT molecular complexity index is 1810. The normalized spacial score (nSPS) is 15.6. The van der Waals surface area contributed by atoms with Crippen LogP contribution in [0.15, 0.2) is 91.0 Å². The van der Waals surface area contributed by atoms with Crippen LogP contribution in [0.2, 0.25) is 0 Å². The van der Waals surface area contributed by atoms with E-state index >= 15 is 0 Å². The molecule has 0 N–H and O–H groups in total. The van der Waals surface area contributed by atoms with Gasteiger partial charge in [-0.2, -0.15) is 0 Å². The van der Waals surface area contributed by atoms with E-state index in [9.17, 15) is 14.4 Å². The Kier molecular flexibility index (Phi) is 11.4. The SMILES string of the molecule is COC(=O)COc1cccc([C@@H](CCc2ccc(OC)c(OC)c2)OC(=O)[C@@H]2CCCCN2C(=O)OCC2c3ccccc3-c3ccccc32)c1. The second-order valence-corrected chi connectivity index (χ2v) is 12.6. The van der Waals surface area contributed by atoms with E-state index in [4.69, 9.17) is 28.4 Å². The molecule has 2 atom stereocenters. The standard InChI is InChI=1S/C41H43NO9/c1-46-37-21-19-27(23-38(37)47-2)18-20-36(28-11-10-12-29(24-28)49-26-39(43)48-3)51-40(44)35-17-8-9-22-42(35)41(45)50-25-34-32-15-6-4-13-30(32)31-14-5-7-16-33(31)34/h4-7,10-16,19,21,23-24,34-36H,8-9,17-18,20,22,25-26H2,1-3H3/t35-,36+/m0/s1. The lowest BCUT2D eigenvalue weighted by Crippen LogP contribution is -2.49. The molecule has 10 nitrogen and oxygen atoms in total. The zero-order valence-corrected chi connectivity index (χ0v) is 29.2. The topological polar surface area (TPSA) is 110 Å². The number of aryl methyl sites for hydroxylation is 1. The molecule has 0 radical (unpaired) electrons. The van der Waals surface area contributed by atoms with E-state index in [0.29, 0.717) is 48.6 Å². The van der Waals surface area contributed by atoms with Crippen LogP contribution < -0.4 is 14.2 Å². The largest absolute Gasteiger partial charge is 0.493 e. The number of ether oxygens (including phenoxy) is 6. The molecule has 1 aliphatic carbocycles. The molecule has 1 saturated heterocycles. The molecule has 51 heavy (non-hydrogen) atoms. The molecular formula is C41H43NO9. The van der Waals surface area contributed by atoms with Gasteiger partial charge < -0.3 is 28.4 Å². The number of hydrogen-bond acceptors (Lipinski definition) is 9. The van der Waals surface area contributed by atoms with Gasteiger partial charge in [-0.25, -0.2) is 14.4 Å². The number of likely N-dealkylation sites (tertiary alicyclic amines) is 1. The molecule has 0 spiro atoms. The molecule has 1 aliphatic heterocycles. The first kappa shape index (κ1) is 35.3. The van der Waals surface area contributed by atoms with E-state index in [1.165, 1.54) is 12.0 Å². The van der Waals surface area contributed by atoms with Crippen molar-refractivity contribution < 1.29 is 42.8 Å². The molecule has 6 rings (SSSR count). The number of methoxy groups -OCH3 is 3. The summed E-state index contributed by atoms with van der Waals surface area (Å²) in [6.07, 6.45) is 1.77. The first-order chi connectivity index (χ1) is 24.9. The van der Waals surface area contributed by atoms with Crippen molar-refractivity contribution in [3.63, 3.8) is 0 Å². The van der Waals surface area contributed by atoms with Crippen molar-refractivity contribution in [2.45, 2.75) is 50.2 Å². The molecule has 4 aromatic carbocycles. The number of amides is 1. The monoisotopic (exact) mass is 693 g/mol. The van der Waals surface area contributed by atoms with Gasteiger partial charge in [0.2, 0.25) is 0 Å². The van der Waals surface area contributed by atoms with Crippen LogP contribution >= 0.6 is 0 Å². The second kappa shape index (κ2) is 16.5. The highest BCUT2D eigenvalue weighted by atomic mass is 16.6. The van der Waals surface area contributed by atoms with E-state index in [0.717, 1.165) is 40.7 Å². The summed E-state index contributed by atoms with van der Waals surface area (Å²) in [5, 5.41) is 0. The van der Waals surface area contributed by atoms with Gasteiger partial charge in [-0.1, -0.05) is 66.7 Å². The van der Waals surface area contributed by atoms with Crippen LogP contribution in [0, 0.1) is 0 Å². The Balaban J connectivity index is 1.18. The first-order valence-electron chi connectivity index (χ1n) is 17.2. The number of carbonyl (C=O) groups is 3. The molecular weight excluding hydrogens is 650 g/mol. The summed E-state index contributed by atoms with van der Waals surface area (Å²) >= 11 is 0. The molecule has 1 amide bonds. The molecule has 1 heterocycles. The molecule has 10 heteroatoms. The summed E-state index contributed by atoms with van der Waals surface area (Å²) in [5.41, 5.74) is 6.19. The molecule has 4 aromatic rings. The molecule has 1 fully saturated rings. The number of nitrogens with zero attached hydrogens (tertiary/aromatic N) is 1. The summed E-state index contributed by atoms with van der Waals surface area (Å²) in [5.74, 6) is 0.547. The lowest BCUT2D eigenvalue weighted by Gasteiger charge is -2.34. The zero-order valence-electron chi connectivity index (χ0n) is 29.2. The minimum atomic E-state index is -0.795. The van der Waals surface area contributed by atoms with Crippen LogP contribution in [0.25, 0.3) is 11.1 Å². The van der Waals surface area contributed by atoms with Gasteiger partial charge in [-0.15, -0.1) is 0 Å². The number of hydrogen-bond donors (Lipinski definition) is 0. The molecule has 0 unspecified atom stereocenters. The number of carbonyl (C=O) groups excluding carboxylic acids is 3. The number of benzene rings is 4. The first-order valence-corrected chi connectivity index (χ1v) is 17.2. The summed E-state index contributed by atoms with van der Waals surface area (Å²) in [6, 6.07) is 28.3. The van der Waals surface area contributed by atoms with Gasteiger partial charge in [0.05, 0.1) is 21.3 Å². The number of esters is 2. The third-order valence-corrected chi connectivity index (χ3v) is 9.56.